The van der Waals surface area contributed by atoms with Crippen molar-refractivity contribution in [3.05, 3.63) is 98.9 Å². The smallest absolute Gasteiger partial charge is 0.418 e. The molecule has 1 aromatic heterocycles. The van der Waals surface area contributed by atoms with Gasteiger partial charge in [-0.05, 0) is 75.3 Å². The van der Waals surface area contributed by atoms with Crippen LogP contribution in [0.5, 0.6) is 0 Å². The lowest BCUT2D eigenvalue weighted by atomic mass is 9.83. The molecular formula is C29H34BF4NO2. The second-order valence-electron chi connectivity index (χ2n) is 9.79. The highest BCUT2D eigenvalue weighted by molar-refractivity contribution is 6.50. The van der Waals surface area contributed by atoms with E-state index in [-0.39, 0.29) is 17.5 Å². The average Bonchev–Trinajstić information content (AvgIpc) is 2.71. The summed E-state index contributed by atoms with van der Waals surface area (Å²) in [5, 5.41) is 0. The van der Waals surface area contributed by atoms with Crippen LogP contribution in [0.25, 0.3) is 0 Å². The summed E-state index contributed by atoms with van der Waals surface area (Å²) >= 11 is 0. The normalized spacial score (nSPS) is 11.2. The fourth-order valence-corrected chi connectivity index (χ4v) is 4.98. The number of halogens is 4. The Bertz CT molecular complexity index is 1160. The van der Waals surface area contributed by atoms with Crippen LogP contribution in [0, 0.1) is 41.5 Å². The molecule has 0 aliphatic rings. The first-order chi connectivity index (χ1) is 17.1. The molecule has 0 spiro atoms. The van der Waals surface area contributed by atoms with Gasteiger partial charge in [-0.2, -0.15) is 0 Å². The first-order valence-corrected chi connectivity index (χ1v) is 12.1. The molecule has 198 valence electrons. The van der Waals surface area contributed by atoms with Crippen LogP contribution in [0.3, 0.4) is 0 Å². The second kappa shape index (κ2) is 12.3. The summed E-state index contributed by atoms with van der Waals surface area (Å²) in [7, 11) is -4.03. The molecule has 3 nitrogen and oxygen atoms in total. The van der Waals surface area contributed by atoms with Crippen LogP contribution < -0.4 is 4.57 Å². The summed E-state index contributed by atoms with van der Waals surface area (Å²) in [5.74, 6) is 0.0307. The minimum atomic E-state index is -6.00. The lowest BCUT2D eigenvalue weighted by Gasteiger charge is -2.19. The van der Waals surface area contributed by atoms with Crippen LogP contribution in [-0.2, 0) is 7.05 Å². The highest BCUT2D eigenvalue weighted by Crippen LogP contribution is 2.30. The maximum absolute atomic E-state index is 13.4. The Balaban J connectivity index is 0.000000877. The summed E-state index contributed by atoms with van der Waals surface area (Å²) in [6.45, 7) is 12.1. The van der Waals surface area contributed by atoms with Crippen LogP contribution in [0.1, 0.15) is 78.4 Å². The van der Waals surface area contributed by atoms with Crippen molar-refractivity contribution in [3.63, 3.8) is 0 Å². The van der Waals surface area contributed by atoms with E-state index < -0.39 is 7.25 Å². The third-order valence-electron chi connectivity index (χ3n) is 6.25. The Morgan fingerprint density at radius 2 is 1.00 bits per heavy atom. The first kappa shape index (κ1) is 29.9. The molecule has 0 N–H and O–H groups in total. The van der Waals surface area contributed by atoms with E-state index in [1.807, 2.05) is 77.7 Å². The summed E-state index contributed by atoms with van der Waals surface area (Å²) in [4.78, 5) is 26.9. The quantitative estimate of drug-likeness (QED) is 0.143. The van der Waals surface area contributed by atoms with Gasteiger partial charge in [0, 0.05) is 36.1 Å². The molecule has 0 atom stereocenters. The van der Waals surface area contributed by atoms with E-state index in [1.54, 1.807) is 0 Å². The zero-order valence-electron chi connectivity index (χ0n) is 22.5. The zero-order chi connectivity index (χ0) is 28.1. The zero-order valence-corrected chi connectivity index (χ0v) is 22.5. The van der Waals surface area contributed by atoms with E-state index in [0.29, 0.717) is 12.8 Å². The Labute approximate surface area is 216 Å². The number of aryl methyl sites for hydroxylation is 7. The monoisotopic (exact) mass is 515 g/mol. The van der Waals surface area contributed by atoms with Gasteiger partial charge in [0.05, 0.1) is 0 Å². The number of hydrogen-bond acceptors (Lipinski definition) is 2. The molecule has 0 saturated heterocycles. The minimum absolute atomic E-state index is 0.100. The third kappa shape index (κ3) is 8.95. The molecule has 0 amide bonds. The van der Waals surface area contributed by atoms with Crippen LogP contribution in [-0.4, -0.2) is 18.8 Å². The summed E-state index contributed by atoms with van der Waals surface area (Å²) in [6.07, 6.45) is 4.58. The molecule has 0 saturated carbocycles. The van der Waals surface area contributed by atoms with Crippen molar-refractivity contribution >= 4 is 18.8 Å². The fraction of sp³-hybridized carbons (Fsp3) is 0.345. The molecule has 0 radical (unpaired) electrons. The number of benzene rings is 2. The first-order valence-electron chi connectivity index (χ1n) is 12.1. The van der Waals surface area contributed by atoms with E-state index in [0.717, 1.165) is 50.1 Å². The lowest BCUT2D eigenvalue weighted by molar-refractivity contribution is -0.671. The number of carbonyl (C=O) groups excluding carboxylic acids is 2. The molecule has 1 heterocycles. The van der Waals surface area contributed by atoms with Crippen LogP contribution in [0.2, 0.25) is 0 Å². The molecule has 0 unspecified atom stereocenters. The van der Waals surface area contributed by atoms with Crippen LogP contribution in [0.15, 0.2) is 48.8 Å². The van der Waals surface area contributed by atoms with Crippen molar-refractivity contribution in [2.75, 3.05) is 0 Å². The molecule has 8 heteroatoms. The molecule has 0 fully saturated rings. The maximum atomic E-state index is 13.4. The van der Waals surface area contributed by atoms with Gasteiger partial charge >= 0.3 is 7.25 Å². The molecule has 2 aromatic carbocycles. The number of pyridine rings is 1. The Kier molecular flexibility index (Phi) is 9.96. The van der Waals surface area contributed by atoms with Crippen molar-refractivity contribution in [3.8, 4) is 0 Å². The van der Waals surface area contributed by atoms with Gasteiger partial charge in [-0.3, -0.25) is 9.59 Å². The van der Waals surface area contributed by atoms with Gasteiger partial charge in [0.2, 0.25) is 0 Å². The van der Waals surface area contributed by atoms with E-state index in [9.17, 15) is 26.9 Å². The van der Waals surface area contributed by atoms with E-state index >= 15 is 0 Å². The summed E-state index contributed by atoms with van der Waals surface area (Å²) in [6, 6.07) is 12.3. The lowest BCUT2D eigenvalue weighted by Crippen LogP contribution is -2.26. The Hall–Kier alpha value is -3.29. The number of Topliss-reactive ketones (excluding diaryl/α,β-unsaturated/α-hetero) is 2. The van der Waals surface area contributed by atoms with Crippen molar-refractivity contribution in [1.29, 1.82) is 0 Å². The minimum Gasteiger partial charge on any atom is -0.418 e. The second-order valence-corrected chi connectivity index (χ2v) is 9.79. The highest BCUT2D eigenvalue weighted by Gasteiger charge is 2.25. The topological polar surface area (TPSA) is 38.0 Å². The highest BCUT2D eigenvalue weighted by atomic mass is 19.5. The summed E-state index contributed by atoms with van der Waals surface area (Å²) < 4.78 is 41.0. The van der Waals surface area contributed by atoms with Gasteiger partial charge in [-0.25, -0.2) is 4.57 Å². The molecule has 3 rings (SSSR count). The molecule has 0 aliphatic carbocycles. The predicted molar refractivity (Wildman–Crippen MR) is 140 cm³/mol. The average molecular weight is 515 g/mol. The van der Waals surface area contributed by atoms with Crippen molar-refractivity contribution in [2.24, 2.45) is 7.05 Å². The number of hydrogen-bond donors (Lipinski definition) is 0. The van der Waals surface area contributed by atoms with E-state index in [2.05, 4.69) is 24.3 Å². The van der Waals surface area contributed by atoms with Gasteiger partial charge in [0.1, 0.15) is 7.05 Å². The Morgan fingerprint density at radius 1 is 0.703 bits per heavy atom. The van der Waals surface area contributed by atoms with Crippen molar-refractivity contribution in [2.45, 2.75) is 60.3 Å². The maximum Gasteiger partial charge on any atom is 0.673 e. The van der Waals surface area contributed by atoms with Crippen LogP contribution in [0.4, 0.5) is 17.3 Å². The standard InChI is InChI=1S/C29H34NO2.BF4/c1-18-12-20(3)28(21(4)13-18)26(31)16-25(24-8-10-30(7)11-9-24)17-27(32)29-22(5)14-19(2)15-23(29)6;2-1(3,4)5/h8-15,25H,16-17H2,1-7H3;/q+1;-1. The Morgan fingerprint density at radius 3 is 1.30 bits per heavy atom. The van der Waals surface area contributed by atoms with Gasteiger partial charge < -0.3 is 17.3 Å². The number of aromatic nitrogens is 1. The number of carbonyl (C=O) groups is 2. The third-order valence-corrected chi connectivity index (χ3v) is 6.25. The van der Waals surface area contributed by atoms with E-state index in [1.165, 1.54) is 0 Å². The van der Waals surface area contributed by atoms with Gasteiger partial charge in [-0.1, -0.05) is 35.4 Å². The van der Waals surface area contributed by atoms with Gasteiger partial charge in [0.15, 0.2) is 24.0 Å². The molecule has 3 aromatic rings. The number of ketones is 2. The van der Waals surface area contributed by atoms with Crippen molar-refractivity contribution in [1.82, 2.24) is 0 Å². The molecule has 0 bridgehead atoms. The van der Waals surface area contributed by atoms with E-state index in [4.69, 9.17) is 0 Å². The predicted octanol–water partition coefficient (Wildman–Crippen LogP) is 7.29. The fourth-order valence-electron chi connectivity index (χ4n) is 4.98. The van der Waals surface area contributed by atoms with Gasteiger partial charge in [-0.15, -0.1) is 0 Å². The SMILES string of the molecule is Cc1cc(C)c(C(=O)CC(CC(=O)c2c(C)cc(C)cc2C)c2cc[n+](C)cc2)c(C)c1.F[B-](F)(F)F. The molecule has 37 heavy (non-hydrogen) atoms. The number of rotatable bonds is 7. The largest absolute Gasteiger partial charge is 0.673 e. The van der Waals surface area contributed by atoms with Crippen LogP contribution >= 0.6 is 0 Å². The molecular weight excluding hydrogens is 481 g/mol. The van der Waals surface area contributed by atoms with Crippen molar-refractivity contribution < 1.29 is 31.4 Å². The summed E-state index contributed by atoms with van der Waals surface area (Å²) in [5.41, 5.74) is 8.92. The van der Waals surface area contributed by atoms with Gasteiger partial charge in [0.25, 0.3) is 0 Å². The molecule has 0 aliphatic heterocycles. The number of nitrogens with zero attached hydrogens (tertiary/aromatic N) is 1.